The number of nitrogens with zero attached hydrogens (tertiary/aromatic N) is 2. The highest BCUT2D eigenvalue weighted by Gasteiger charge is 2.50. The first kappa shape index (κ1) is 20.6. The van der Waals surface area contributed by atoms with Gasteiger partial charge in [-0.25, -0.2) is 0 Å². The maximum Gasteiger partial charge on any atom is 0.230 e. The number of benzene rings is 2. The summed E-state index contributed by atoms with van der Waals surface area (Å²) >= 11 is 0. The Morgan fingerprint density at radius 1 is 1.13 bits per heavy atom. The summed E-state index contributed by atoms with van der Waals surface area (Å²) in [5.41, 5.74) is 0.507. The average Bonchev–Trinajstić information content (AvgIpc) is 2.80. The van der Waals surface area contributed by atoms with Crippen LogP contribution in [0.3, 0.4) is 0 Å². The molecule has 0 saturated carbocycles. The number of amides is 1. The normalized spacial score (nSPS) is 24.9. The molecule has 156 valence electrons. The molecule has 0 unspecified atom stereocenters. The van der Waals surface area contributed by atoms with E-state index in [2.05, 4.69) is 16.3 Å². The average molecular weight is 404 g/mol. The number of piperidine rings is 2. The summed E-state index contributed by atoms with van der Waals surface area (Å²) in [5.74, 6) is -0.0244. The maximum absolute atomic E-state index is 12.7. The van der Waals surface area contributed by atoms with Gasteiger partial charge in [0.1, 0.15) is 5.41 Å². The first-order valence-corrected chi connectivity index (χ1v) is 10.8. The third-order valence-corrected chi connectivity index (χ3v) is 6.93. The molecular formula is C25H29N3O2. The van der Waals surface area contributed by atoms with Crippen molar-refractivity contribution in [3.05, 3.63) is 71.8 Å². The van der Waals surface area contributed by atoms with Crippen molar-refractivity contribution in [1.29, 1.82) is 5.26 Å². The Morgan fingerprint density at radius 3 is 2.33 bits per heavy atom. The molecule has 5 heteroatoms. The van der Waals surface area contributed by atoms with Crippen molar-refractivity contribution >= 4 is 5.91 Å². The molecule has 2 fully saturated rings. The molecule has 2 heterocycles. The van der Waals surface area contributed by atoms with Gasteiger partial charge in [0, 0.05) is 26.2 Å². The van der Waals surface area contributed by atoms with E-state index in [0.717, 1.165) is 30.5 Å². The molecule has 2 N–H and O–H groups in total. The molecule has 1 amide bonds. The summed E-state index contributed by atoms with van der Waals surface area (Å²) in [4.78, 5) is 14.9. The lowest BCUT2D eigenvalue weighted by Crippen LogP contribution is -2.61. The molecule has 0 aromatic heterocycles. The van der Waals surface area contributed by atoms with E-state index in [4.69, 9.17) is 0 Å². The highest BCUT2D eigenvalue weighted by atomic mass is 16.3. The van der Waals surface area contributed by atoms with Gasteiger partial charge >= 0.3 is 0 Å². The van der Waals surface area contributed by atoms with E-state index >= 15 is 0 Å². The largest absolute Gasteiger partial charge is 0.392 e. The number of nitriles is 1. The van der Waals surface area contributed by atoms with Crippen LogP contribution >= 0.6 is 0 Å². The second-order valence-corrected chi connectivity index (χ2v) is 8.60. The van der Waals surface area contributed by atoms with Crippen LogP contribution in [0.5, 0.6) is 0 Å². The van der Waals surface area contributed by atoms with Crippen molar-refractivity contribution < 1.29 is 9.90 Å². The van der Waals surface area contributed by atoms with E-state index in [-0.39, 0.29) is 5.91 Å². The molecule has 2 aromatic carbocycles. The summed E-state index contributed by atoms with van der Waals surface area (Å²) in [7, 11) is 0. The van der Waals surface area contributed by atoms with Crippen molar-refractivity contribution in [3.63, 3.8) is 0 Å². The van der Waals surface area contributed by atoms with Gasteiger partial charge in [-0.15, -0.1) is 0 Å². The zero-order chi connectivity index (χ0) is 21.0. The lowest BCUT2D eigenvalue weighted by atomic mass is 9.70. The lowest BCUT2D eigenvalue weighted by molar-refractivity contribution is -0.149. The van der Waals surface area contributed by atoms with Gasteiger partial charge < -0.3 is 15.3 Å². The molecule has 2 saturated heterocycles. The highest BCUT2D eigenvalue weighted by Crippen LogP contribution is 2.39. The fourth-order valence-electron chi connectivity index (χ4n) is 5.13. The number of hydrogen-bond acceptors (Lipinski definition) is 4. The molecular weight excluding hydrogens is 374 g/mol. The van der Waals surface area contributed by atoms with Gasteiger partial charge in [0.05, 0.1) is 17.6 Å². The van der Waals surface area contributed by atoms with E-state index in [1.165, 1.54) is 0 Å². The SMILES string of the molecule is N#CC(CCN1CC[C@H](O)[C@@]2(CCCNC2=O)C1)(c1ccccc1)c1ccccc1. The fraction of sp³-hybridized carbons (Fsp3) is 0.440. The minimum Gasteiger partial charge on any atom is -0.392 e. The van der Waals surface area contributed by atoms with Gasteiger partial charge in [-0.05, 0) is 36.8 Å². The van der Waals surface area contributed by atoms with Gasteiger partial charge in [-0.1, -0.05) is 60.7 Å². The summed E-state index contributed by atoms with van der Waals surface area (Å²) < 4.78 is 0. The third-order valence-electron chi connectivity index (χ3n) is 6.93. The van der Waals surface area contributed by atoms with E-state index in [0.29, 0.717) is 32.5 Å². The van der Waals surface area contributed by atoms with Gasteiger partial charge in [0.2, 0.25) is 5.91 Å². The Bertz CT molecular complexity index is 869. The molecule has 2 aromatic rings. The molecule has 0 aliphatic carbocycles. The van der Waals surface area contributed by atoms with Crippen LogP contribution in [0.25, 0.3) is 0 Å². The summed E-state index contributed by atoms with van der Waals surface area (Å²) in [6, 6.07) is 22.5. The molecule has 2 atom stereocenters. The Morgan fingerprint density at radius 2 is 1.77 bits per heavy atom. The van der Waals surface area contributed by atoms with Crippen molar-refractivity contribution in [2.45, 2.75) is 37.2 Å². The number of rotatable bonds is 5. The first-order valence-electron chi connectivity index (χ1n) is 10.8. The lowest BCUT2D eigenvalue weighted by Gasteiger charge is -2.47. The molecule has 2 aliphatic heterocycles. The number of carbonyl (C=O) groups excluding carboxylic acids is 1. The van der Waals surface area contributed by atoms with Crippen LogP contribution in [0.15, 0.2) is 60.7 Å². The van der Waals surface area contributed by atoms with E-state index in [1.54, 1.807) is 0 Å². The number of carbonyl (C=O) groups is 1. The second-order valence-electron chi connectivity index (χ2n) is 8.60. The van der Waals surface area contributed by atoms with E-state index < -0.39 is 16.9 Å². The minimum absolute atomic E-state index is 0.0244. The zero-order valence-electron chi connectivity index (χ0n) is 17.3. The topological polar surface area (TPSA) is 76.4 Å². The molecule has 0 radical (unpaired) electrons. The molecule has 2 aliphatic rings. The quantitative estimate of drug-likeness (QED) is 0.805. The zero-order valence-corrected chi connectivity index (χ0v) is 17.3. The van der Waals surface area contributed by atoms with Crippen molar-refractivity contribution in [2.75, 3.05) is 26.2 Å². The molecule has 5 nitrogen and oxygen atoms in total. The number of likely N-dealkylation sites (tertiary alicyclic amines) is 1. The van der Waals surface area contributed by atoms with Crippen molar-refractivity contribution in [1.82, 2.24) is 10.2 Å². The predicted molar refractivity (Wildman–Crippen MR) is 116 cm³/mol. The molecule has 4 rings (SSSR count). The van der Waals surface area contributed by atoms with Crippen LogP contribution in [0.1, 0.15) is 36.8 Å². The van der Waals surface area contributed by atoms with Gasteiger partial charge in [-0.2, -0.15) is 5.26 Å². The van der Waals surface area contributed by atoms with Crippen LogP contribution < -0.4 is 5.32 Å². The van der Waals surface area contributed by atoms with Gasteiger partial charge in [0.25, 0.3) is 0 Å². The molecule has 1 spiro atoms. The Hall–Kier alpha value is -2.68. The Labute approximate surface area is 178 Å². The highest BCUT2D eigenvalue weighted by molar-refractivity contribution is 5.84. The van der Waals surface area contributed by atoms with Crippen LogP contribution in [0.2, 0.25) is 0 Å². The van der Waals surface area contributed by atoms with E-state index in [9.17, 15) is 15.2 Å². The summed E-state index contributed by atoms with van der Waals surface area (Å²) in [5, 5.41) is 24.0. The van der Waals surface area contributed by atoms with Crippen molar-refractivity contribution in [3.8, 4) is 6.07 Å². The fourth-order valence-corrected chi connectivity index (χ4v) is 5.13. The van der Waals surface area contributed by atoms with Crippen LogP contribution in [0.4, 0.5) is 0 Å². The van der Waals surface area contributed by atoms with Crippen LogP contribution in [-0.2, 0) is 10.2 Å². The minimum atomic E-state index is -0.749. The van der Waals surface area contributed by atoms with Crippen molar-refractivity contribution in [2.24, 2.45) is 5.41 Å². The van der Waals surface area contributed by atoms with Gasteiger partial charge in [0.15, 0.2) is 0 Å². The Balaban J connectivity index is 1.59. The smallest absolute Gasteiger partial charge is 0.230 e. The number of nitrogens with one attached hydrogen (secondary N) is 1. The monoisotopic (exact) mass is 403 g/mol. The molecule has 30 heavy (non-hydrogen) atoms. The van der Waals surface area contributed by atoms with E-state index in [1.807, 2.05) is 60.7 Å². The predicted octanol–water partition coefficient (Wildman–Crippen LogP) is 2.85. The number of aliphatic hydroxyl groups is 1. The van der Waals surface area contributed by atoms with Crippen LogP contribution in [0, 0.1) is 16.7 Å². The molecule has 0 bridgehead atoms. The number of aliphatic hydroxyl groups excluding tert-OH is 1. The number of hydrogen-bond donors (Lipinski definition) is 2. The standard InChI is InChI=1S/C25H29N3O2/c26-18-24(20-8-3-1-4-9-20,21-10-5-2-6-11-21)14-17-28-16-12-22(29)25(19-28)13-7-15-27-23(25)30/h1-6,8-11,22,29H,7,12-17,19H2,(H,27,30)/t22-,25+/m0/s1. The third kappa shape index (κ3) is 3.62. The summed E-state index contributed by atoms with van der Waals surface area (Å²) in [6.45, 7) is 2.67. The first-order chi connectivity index (χ1) is 14.6. The Kier molecular flexibility index (Phi) is 5.90. The van der Waals surface area contributed by atoms with Crippen LogP contribution in [-0.4, -0.2) is 48.2 Å². The second kappa shape index (κ2) is 8.59. The maximum atomic E-state index is 12.7. The summed E-state index contributed by atoms with van der Waals surface area (Å²) in [6.07, 6.45) is 2.23. The van der Waals surface area contributed by atoms with Gasteiger partial charge in [-0.3, -0.25) is 4.79 Å².